The highest BCUT2D eigenvalue weighted by atomic mass is 16.4. The van der Waals surface area contributed by atoms with Crippen LogP contribution in [0, 0.1) is 12.8 Å². The molecule has 1 atom stereocenters. The molecule has 0 spiro atoms. The zero-order valence-corrected chi connectivity index (χ0v) is 10.8. The number of aliphatic carboxylic acids is 1. The summed E-state index contributed by atoms with van der Waals surface area (Å²) in [6.07, 6.45) is 1.36. The third-order valence-corrected chi connectivity index (χ3v) is 2.81. The van der Waals surface area contributed by atoms with Crippen LogP contribution in [-0.2, 0) is 4.79 Å². The molecule has 1 aromatic carbocycles. The summed E-state index contributed by atoms with van der Waals surface area (Å²) < 4.78 is 0. The van der Waals surface area contributed by atoms with Gasteiger partial charge in [0.25, 0.3) is 5.91 Å². The predicted molar refractivity (Wildman–Crippen MR) is 69.5 cm³/mol. The van der Waals surface area contributed by atoms with E-state index < -0.39 is 11.9 Å². The van der Waals surface area contributed by atoms with Crippen molar-refractivity contribution >= 4 is 11.9 Å². The zero-order chi connectivity index (χ0) is 13.5. The van der Waals surface area contributed by atoms with Crippen molar-refractivity contribution in [3.63, 3.8) is 0 Å². The number of benzene rings is 1. The van der Waals surface area contributed by atoms with Gasteiger partial charge in [-0.3, -0.25) is 9.59 Å². The van der Waals surface area contributed by atoms with Gasteiger partial charge in [-0.05, 0) is 25.5 Å². The second-order valence-corrected chi connectivity index (χ2v) is 4.40. The molecule has 1 rings (SSSR count). The van der Waals surface area contributed by atoms with Gasteiger partial charge in [0, 0.05) is 12.1 Å². The van der Waals surface area contributed by atoms with Crippen molar-refractivity contribution in [2.24, 2.45) is 5.92 Å². The van der Waals surface area contributed by atoms with Crippen molar-refractivity contribution in [1.82, 2.24) is 5.32 Å². The number of carbonyl (C=O) groups excluding carboxylic acids is 1. The van der Waals surface area contributed by atoms with Crippen molar-refractivity contribution in [2.75, 3.05) is 6.54 Å². The topological polar surface area (TPSA) is 66.4 Å². The largest absolute Gasteiger partial charge is 0.481 e. The smallest absolute Gasteiger partial charge is 0.308 e. The van der Waals surface area contributed by atoms with Crippen molar-refractivity contribution in [3.05, 3.63) is 35.4 Å². The lowest BCUT2D eigenvalue weighted by Gasteiger charge is -2.12. The minimum atomic E-state index is -0.860. The number of aryl methyl sites for hydroxylation is 1. The molecule has 0 aromatic heterocycles. The molecule has 1 unspecified atom stereocenters. The molecule has 4 heteroatoms. The molecule has 0 radical (unpaired) electrons. The molecule has 2 N–H and O–H groups in total. The van der Waals surface area contributed by atoms with Crippen LogP contribution in [0.15, 0.2) is 24.3 Å². The van der Waals surface area contributed by atoms with Crippen LogP contribution in [0.1, 0.15) is 35.7 Å². The molecule has 0 aliphatic heterocycles. The third-order valence-electron chi connectivity index (χ3n) is 2.81. The molecule has 4 nitrogen and oxygen atoms in total. The maximum absolute atomic E-state index is 11.8. The number of rotatable bonds is 6. The maximum Gasteiger partial charge on any atom is 0.308 e. The zero-order valence-electron chi connectivity index (χ0n) is 10.8. The lowest BCUT2D eigenvalue weighted by molar-refractivity contribution is -0.141. The van der Waals surface area contributed by atoms with Crippen LogP contribution in [0.4, 0.5) is 0 Å². The Bertz CT molecular complexity index is 412. The summed E-state index contributed by atoms with van der Waals surface area (Å²) in [6, 6.07) is 7.19. The van der Waals surface area contributed by atoms with Gasteiger partial charge in [-0.25, -0.2) is 0 Å². The minimum Gasteiger partial charge on any atom is -0.481 e. The highest BCUT2D eigenvalue weighted by Gasteiger charge is 2.17. The average Bonchev–Trinajstić information content (AvgIpc) is 2.34. The van der Waals surface area contributed by atoms with Gasteiger partial charge in [-0.2, -0.15) is 0 Å². The lowest BCUT2D eigenvalue weighted by atomic mass is 10.0. The Labute approximate surface area is 107 Å². The van der Waals surface area contributed by atoms with Crippen molar-refractivity contribution in [3.8, 4) is 0 Å². The van der Waals surface area contributed by atoms with Crippen LogP contribution < -0.4 is 5.32 Å². The first-order valence-electron chi connectivity index (χ1n) is 6.12. The lowest BCUT2D eigenvalue weighted by Crippen LogP contribution is -2.32. The van der Waals surface area contributed by atoms with Crippen LogP contribution in [0.3, 0.4) is 0 Å². The molecule has 0 saturated carbocycles. The van der Waals surface area contributed by atoms with Crippen LogP contribution in [-0.4, -0.2) is 23.5 Å². The number of nitrogens with one attached hydrogen (secondary N) is 1. The Balaban J connectivity index is 2.54. The van der Waals surface area contributed by atoms with E-state index in [9.17, 15) is 9.59 Å². The number of amides is 1. The first-order valence-corrected chi connectivity index (χ1v) is 6.12. The van der Waals surface area contributed by atoms with Gasteiger partial charge in [0.05, 0.1) is 5.92 Å². The van der Waals surface area contributed by atoms with E-state index in [-0.39, 0.29) is 12.5 Å². The molecule has 0 saturated heterocycles. The molecule has 0 heterocycles. The fourth-order valence-electron chi connectivity index (χ4n) is 1.68. The Morgan fingerprint density at radius 3 is 2.39 bits per heavy atom. The molecular weight excluding hydrogens is 230 g/mol. The summed E-state index contributed by atoms with van der Waals surface area (Å²) in [4.78, 5) is 22.7. The van der Waals surface area contributed by atoms with Crippen LogP contribution in [0.5, 0.6) is 0 Å². The Morgan fingerprint density at radius 2 is 1.89 bits per heavy atom. The molecule has 1 aromatic rings. The average molecular weight is 249 g/mol. The van der Waals surface area contributed by atoms with E-state index in [1.807, 2.05) is 26.0 Å². The molecule has 0 bridgehead atoms. The summed E-state index contributed by atoms with van der Waals surface area (Å²) in [5, 5.41) is 11.6. The minimum absolute atomic E-state index is 0.176. The van der Waals surface area contributed by atoms with Gasteiger partial charge in [0.15, 0.2) is 0 Å². The summed E-state index contributed by atoms with van der Waals surface area (Å²) in [5.41, 5.74) is 1.64. The summed E-state index contributed by atoms with van der Waals surface area (Å²) in [6.45, 7) is 4.05. The van der Waals surface area contributed by atoms with Crippen LogP contribution >= 0.6 is 0 Å². The summed E-state index contributed by atoms with van der Waals surface area (Å²) in [7, 11) is 0. The standard InChI is InChI=1S/C14H19NO3/c1-3-4-12(14(17)18)9-15-13(16)11-7-5-10(2)6-8-11/h5-8,12H,3-4,9H2,1-2H3,(H,15,16)(H,17,18). The molecule has 18 heavy (non-hydrogen) atoms. The Kier molecular flexibility index (Phi) is 5.36. The van der Waals surface area contributed by atoms with E-state index in [0.717, 1.165) is 12.0 Å². The van der Waals surface area contributed by atoms with Crippen molar-refractivity contribution in [1.29, 1.82) is 0 Å². The van der Waals surface area contributed by atoms with Gasteiger partial charge in [0.2, 0.25) is 0 Å². The summed E-state index contributed by atoms with van der Waals surface area (Å²) >= 11 is 0. The molecule has 0 aliphatic carbocycles. The second kappa shape index (κ2) is 6.79. The van der Waals surface area contributed by atoms with Gasteiger partial charge < -0.3 is 10.4 Å². The van der Waals surface area contributed by atoms with Crippen LogP contribution in [0.25, 0.3) is 0 Å². The number of carboxylic acid groups (broad SMARTS) is 1. The Morgan fingerprint density at radius 1 is 1.28 bits per heavy atom. The predicted octanol–water partition coefficient (Wildman–Crippen LogP) is 2.23. The molecular formula is C14H19NO3. The molecule has 98 valence electrons. The number of carboxylic acids is 1. The van der Waals surface area contributed by atoms with E-state index in [1.165, 1.54) is 0 Å². The SMILES string of the molecule is CCCC(CNC(=O)c1ccc(C)cc1)C(=O)O. The quantitative estimate of drug-likeness (QED) is 0.812. The number of hydrogen-bond acceptors (Lipinski definition) is 2. The highest BCUT2D eigenvalue weighted by Crippen LogP contribution is 2.07. The van der Waals surface area contributed by atoms with Gasteiger partial charge in [0.1, 0.15) is 0 Å². The van der Waals surface area contributed by atoms with E-state index in [4.69, 9.17) is 5.11 Å². The molecule has 0 fully saturated rings. The normalized spacial score (nSPS) is 11.9. The molecule has 1 amide bonds. The van der Waals surface area contributed by atoms with Gasteiger partial charge >= 0.3 is 5.97 Å². The van der Waals surface area contributed by atoms with Crippen molar-refractivity contribution < 1.29 is 14.7 Å². The first kappa shape index (κ1) is 14.2. The maximum atomic E-state index is 11.8. The van der Waals surface area contributed by atoms with E-state index >= 15 is 0 Å². The second-order valence-electron chi connectivity index (χ2n) is 4.40. The fraction of sp³-hybridized carbons (Fsp3) is 0.429. The van der Waals surface area contributed by atoms with E-state index in [2.05, 4.69) is 5.32 Å². The third kappa shape index (κ3) is 4.20. The van der Waals surface area contributed by atoms with E-state index in [0.29, 0.717) is 12.0 Å². The first-order chi connectivity index (χ1) is 8.54. The monoisotopic (exact) mass is 249 g/mol. The van der Waals surface area contributed by atoms with Gasteiger partial charge in [-0.15, -0.1) is 0 Å². The van der Waals surface area contributed by atoms with Crippen LogP contribution in [0.2, 0.25) is 0 Å². The molecule has 0 aliphatic rings. The number of hydrogen-bond donors (Lipinski definition) is 2. The highest BCUT2D eigenvalue weighted by molar-refractivity contribution is 5.94. The Hall–Kier alpha value is -1.84. The van der Waals surface area contributed by atoms with Gasteiger partial charge in [-0.1, -0.05) is 31.0 Å². The van der Waals surface area contributed by atoms with Crippen molar-refractivity contribution in [2.45, 2.75) is 26.7 Å². The number of carbonyl (C=O) groups is 2. The fourth-order valence-corrected chi connectivity index (χ4v) is 1.68. The van der Waals surface area contributed by atoms with E-state index in [1.54, 1.807) is 12.1 Å². The summed E-state index contributed by atoms with van der Waals surface area (Å²) in [5.74, 6) is -1.59.